The lowest BCUT2D eigenvalue weighted by Gasteiger charge is -2.31. The number of sulfonamides is 1. The molecule has 7 nitrogen and oxygen atoms in total. The van der Waals surface area contributed by atoms with E-state index in [0.717, 1.165) is 37.8 Å². The maximum atomic E-state index is 13.1. The van der Waals surface area contributed by atoms with Gasteiger partial charge in [0.05, 0.1) is 15.7 Å². The smallest absolute Gasteiger partial charge is 0.273 e. The summed E-state index contributed by atoms with van der Waals surface area (Å²) < 4.78 is 40.1. The van der Waals surface area contributed by atoms with E-state index in [4.69, 9.17) is 0 Å². The van der Waals surface area contributed by atoms with Gasteiger partial charge in [-0.3, -0.25) is 20.4 Å². The SMILES string of the molecule is O=C(NNC(=O)C1CCCN(S(=O)(=O)c2ccc(F)cc2)C1)c1cc2c(s1)CCCCC2. The fraction of sp³-hybridized carbons (Fsp3) is 0.455. The van der Waals surface area contributed by atoms with Crippen molar-refractivity contribution in [3.05, 3.63) is 51.5 Å². The molecule has 1 unspecified atom stereocenters. The van der Waals surface area contributed by atoms with E-state index in [1.54, 1.807) is 0 Å². The Hall–Kier alpha value is -2.30. The summed E-state index contributed by atoms with van der Waals surface area (Å²) in [6, 6.07) is 6.54. The molecule has 2 heterocycles. The molecule has 1 atom stereocenters. The topological polar surface area (TPSA) is 95.6 Å². The molecule has 1 aliphatic heterocycles. The normalized spacial score (nSPS) is 19.6. The maximum Gasteiger partial charge on any atom is 0.279 e. The van der Waals surface area contributed by atoms with Crippen LogP contribution in [0.2, 0.25) is 0 Å². The first-order chi connectivity index (χ1) is 15.3. The lowest BCUT2D eigenvalue weighted by molar-refractivity contribution is -0.126. The number of piperidine rings is 1. The molecule has 32 heavy (non-hydrogen) atoms. The Kier molecular flexibility index (Phi) is 6.92. The first-order valence-electron chi connectivity index (χ1n) is 10.8. The minimum Gasteiger partial charge on any atom is -0.273 e. The molecule has 1 aliphatic carbocycles. The van der Waals surface area contributed by atoms with Gasteiger partial charge in [0.2, 0.25) is 15.9 Å². The first kappa shape index (κ1) is 22.9. The van der Waals surface area contributed by atoms with Gasteiger partial charge in [-0.05, 0) is 74.4 Å². The Bertz CT molecular complexity index is 1080. The molecular weight excluding hydrogens is 453 g/mol. The lowest BCUT2D eigenvalue weighted by atomic mass is 9.99. The molecule has 10 heteroatoms. The number of fused-ring (bicyclic) bond motifs is 1. The number of nitrogens with one attached hydrogen (secondary N) is 2. The van der Waals surface area contributed by atoms with E-state index in [9.17, 15) is 22.4 Å². The molecule has 2 N–H and O–H groups in total. The highest BCUT2D eigenvalue weighted by molar-refractivity contribution is 7.89. The van der Waals surface area contributed by atoms with Crippen molar-refractivity contribution in [3.8, 4) is 0 Å². The van der Waals surface area contributed by atoms with Gasteiger partial charge in [0.15, 0.2) is 0 Å². The van der Waals surface area contributed by atoms with Gasteiger partial charge in [0, 0.05) is 18.0 Å². The molecule has 1 fully saturated rings. The molecule has 1 saturated heterocycles. The highest BCUT2D eigenvalue weighted by Crippen LogP contribution is 2.29. The summed E-state index contributed by atoms with van der Waals surface area (Å²) in [5, 5.41) is 0. The Morgan fingerprint density at radius 1 is 1.03 bits per heavy atom. The average Bonchev–Trinajstić information content (AvgIpc) is 3.08. The number of benzene rings is 1. The van der Waals surface area contributed by atoms with Crippen LogP contribution in [0.4, 0.5) is 4.39 Å². The van der Waals surface area contributed by atoms with Crippen LogP contribution in [0.1, 0.15) is 52.2 Å². The van der Waals surface area contributed by atoms with Gasteiger partial charge in [-0.2, -0.15) is 4.31 Å². The maximum absolute atomic E-state index is 13.1. The fourth-order valence-corrected chi connectivity index (χ4v) is 6.86. The third-order valence-electron chi connectivity index (χ3n) is 5.98. The second kappa shape index (κ2) is 9.68. The number of hydrazine groups is 1. The molecule has 1 aromatic carbocycles. The number of halogens is 1. The number of carbonyl (C=O) groups is 2. The predicted octanol–water partition coefficient (Wildman–Crippen LogP) is 3.02. The van der Waals surface area contributed by atoms with Gasteiger partial charge in [-0.15, -0.1) is 11.3 Å². The second-order valence-electron chi connectivity index (χ2n) is 8.22. The van der Waals surface area contributed by atoms with Gasteiger partial charge in [-0.1, -0.05) is 6.42 Å². The summed E-state index contributed by atoms with van der Waals surface area (Å²) in [5.74, 6) is -1.88. The monoisotopic (exact) mass is 479 g/mol. The molecule has 1 aromatic heterocycles. The van der Waals surface area contributed by atoms with E-state index < -0.39 is 27.7 Å². The number of rotatable bonds is 4. The van der Waals surface area contributed by atoms with Crippen molar-refractivity contribution in [1.82, 2.24) is 15.2 Å². The Morgan fingerprint density at radius 3 is 2.56 bits per heavy atom. The van der Waals surface area contributed by atoms with Crippen LogP contribution in [0.15, 0.2) is 35.2 Å². The van der Waals surface area contributed by atoms with Crippen molar-refractivity contribution < 1.29 is 22.4 Å². The highest BCUT2D eigenvalue weighted by atomic mass is 32.2. The van der Waals surface area contributed by atoms with Crippen LogP contribution in [-0.4, -0.2) is 37.6 Å². The number of hydrogen-bond donors (Lipinski definition) is 2. The number of nitrogens with zero attached hydrogens (tertiary/aromatic N) is 1. The van der Waals surface area contributed by atoms with Crippen molar-refractivity contribution in [2.45, 2.75) is 49.8 Å². The largest absolute Gasteiger partial charge is 0.279 e. The van der Waals surface area contributed by atoms with Gasteiger partial charge in [0.1, 0.15) is 5.82 Å². The Morgan fingerprint density at radius 2 is 1.78 bits per heavy atom. The second-order valence-corrected chi connectivity index (χ2v) is 11.3. The summed E-state index contributed by atoms with van der Waals surface area (Å²) in [4.78, 5) is 27.0. The van der Waals surface area contributed by atoms with Gasteiger partial charge < -0.3 is 0 Å². The van der Waals surface area contributed by atoms with E-state index in [1.165, 1.54) is 44.6 Å². The summed E-state index contributed by atoms with van der Waals surface area (Å²) in [7, 11) is -3.82. The molecular formula is C22H26FN3O4S2. The molecule has 0 radical (unpaired) electrons. The molecule has 2 aliphatic rings. The molecule has 0 saturated carbocycles. The summed E-state index contributed by atoms with van der Waals surface area (Å²) in [6.07, 6.45) is 6.46. The van der Waals surface area contributed by atoms with E-state index >= 15 is 0 Å². The molecule has 4 rings (SSSR count). The van der Waals surface area contributed by atoms with E-state index in [-0.39, 0.29) is 23.9 Å². The molecule has 2 amide bonds. The summed E-state index contributed by atoms with van der Waals surface area (Å²) in [6.45, 7) is 0.297. The van der Waals surface area contributed by atoms with Crippen LogP contribution in [0.25, 0.3) is 0 Å². The number of thiophene rings is 1. The number of hydrogen-bond acceptors (Lipinski definition) is 5. The zero-order valence-electron chi connectivity index (χ0n) is 17.6. The fourth-order valence-electron chi connectivity index (χ4n) is 4.19. The van der Waals surface area contributed by atoms with Crippen molar-refractivity contribution in [2.24, 2.45) is 5.92 Å². The van der Waals surface area contributed by atoms with Crippen molar-refractivity contribution in [3.63, 3.8) is 0 Å². The summed E-state index contributed by atoms with van der Waals surface area (Å²) >= 11 is 1.47. The number of amides is 2. The van der Waals surface area contributed by atoms with Crippen LogP contribution in [0.3, 0.4) is 0 Å². The Balaban J connectivity index is 1.35. The molecule has 0 spiro atoms. The van der Waals surface area contributed by atoms with Crippen LogP contribution >= 0.6 is 11.3 Å². The average molecular weight is 480 g/mol. The minimum atomic E-state index is -3.82. The van der Waals surface area contributed by atoms with Crippen LogP contribution < -0.4 is 10.9 Å². The van der Waals surface area contributed by atoms with Crippen molar-refractivity contribution in [2.75, 3.05) is 13.1 Å². The predicted molar refractivity (Wildman–Crippen MR) is 119 cm³/mol. The molecule has 172 valence electrons. The van der Waals surface area contributed by atoms with E-state index in [2.05, 4.69) is 10.9 Å². The summed E-state index contributed by atoms with van der Waals surface area (Å²) in [5.41, 5.74) is 6.15. The quantitative estimate of drug-likeness (QED) is 0.521. The van der Waals surface area contributed by atoms with Crippen molar-refractivity contribution >= 4 is 33.2 Å². The van der Waals surface area contributed by atoms with E-state index in [0.29, 0.717) is 17.7 Å². The van der Waals surface area contributed by atoms with Gasteiger partial charge in [-0.25, -0.2) is 12.8 Å². The molecule has 2 aromatic rings. The lowest BCUT2D eigenvalue weighted by Crippen LogP contribution is -2.49. The Labute approximate surface area is 191 Å². The number of aryl methyl sites for hydroxylation is 2. The van der Waals surface area contributed by atoms with Crippen LogP contribution in [-0.2, 0) is 27.7 Å². The van der Waals surface area contributed by atoms with E-state index in [1.807, 2.05) is 6.07 Å². The van der Waals surface area contributed by atoms with Crippen LogP contribution in [0, 0.1) is 11.7 Å². The van der Waals surface area contributed by atoms with Gasteiger partial charge in [0.25, 0.3) is 5.91 Å². The molecule has 0 bridgehead atoms. The van der Waals surface area contributed by atoms with Crippen LogP contribution in [0.5, 0.6) is 0 Å². The van der Waals surface area contributed by atoms with Crippen molar-refractivity contribution in [1.29, 1.82) is 0 Å². The highest BCUT2D eigenvalue weighted by Gasteiger charge is 2.33. The minimum absolute atomic E-state index is 0.00859. The first-order valence-corrected chi connectivity index (χ1v) is 13.1. The zero-order chi connectivity index (χ0) is 22.7. The number of carbonyl (C=O) groups excluding carboxylic acids is 2. The van der Waals surface area contributed by atoms with Gasteiger partial charge >= 0.3 is 0 Å². The third-order valence-corrected chi connectivity index (χ3v) is 9.09. The zero-order valence-corrected chi connectivity index (χ0v) is 19.2. The third kappa shape index (κ3) is 5.02. The standard InChI is InChI=1S/C22H26FN3O4S2/c23-17-8-10-18(11-9-17)32(29,30)26-12-4-6-16(14-26)21(27)24-25-22(28)20-13-15-5-2-1-3-7-19(15)31-20/h8-11,13,16H,1-7,12,14H2,(H,24,27)(H,25,28).